The van der Waals surface area contributed by atoms with Crippen molar-refractivity contribution in [3.8, 4) is 0 Å². The number of benzene rings is 1. The number of carbonyl (C=O) groups excluding carboxylic acids is 2. The molecule has 1 fully saturated rings. The topological polar surface area (TPSA) is 128 Å². The van der Waals surface area contributed by atoms with Crippen molar-refractivity contribution in [1.29, 1.82) is 0 Å². The number of aromatic carboxylic acids is 1. The van der Waals surface area contributed by atoms with Crippen LogP contribution in [0.4, 0.5) is 0 Å². The number of amidine groups is 1. The molecule has 0 saturated heterocycles. The number of rotatable bonds is 10. The monoisotopic (exact) mass is 460 g/mol. The minimum atomic E-state index is -1.05. The van der Waals surface area contributed by atoms with Gasteiger partial charge in [0.15, 0.2) is 5.84 Å². The fraction of sp³-hybridized carbons (Fsp3) is 0.600. The number of nitrogens with two attached hydrogens (primary N) is 1. The predicted molar refractivity (Wildman–Crippen MR) is 125 cm³/mol. The molecule has 0 unspecified atom stereocenters. The molecule has 1 aromatic rings. The lowest BCUT2D eigenvalue weighted by Crippen LogP contribution is -2.28. The molecule has 2 rings (SSSR count). The standard InChI is InChI=1S/C25H36N2O6/c1-25(2,3)32-21(28)16-20(11-7-10-17-8-5-4-6-9-17)24(31)33-27-22(26)18-12-14-19(15-13-18)23(29)30/h12-15,17,20H,4-11,16H2,1-3H3,(H2,26,27)(H,29,30)/t20-/m1/s1. The average Bonchev–Trinajstić information content (AvgIpc) is 2.76. The van der Waals surface area contributed by atoms with Crippen LogP contribution in [0.15, 0.2) is 29.4 Å². The SMILES string of the molecule is CC(C)(C)OC(=O)C[C@@H](CCCC1CCCCC1)C(=O)O/N=C(\N)c1ccc(C(=O)O)cc1. The molecule has 33 heavy (non-hydrogen) atoms. The molecule has 0 radical (unpaired) electrons. The summed E-state index contributed by atoms with van der Waals surface area (Å²) in [5, 5.41) is 12.7. The highest BCUT2D eigenvalue weighted by Gasteiger charge is 2.27. The molecule has 182 valence electrons. The van der Waals surface area contributed by atoms with Gasteiger partial charge in [-0.3, -0.25) is 4.79 Å². The number of carboxylic acids is 1. The van der Waals surface area contributed by atoms with Crippen LogP contribution in [0.3, 0.4) is 0 Å². The van der Waals surface area contributed by atoms with E-state index in [4.69, 9.17) is 20.4 Å². The molecule has 0 aliphatic heterocycles. The lowest BCUT2D eigenvalue weighted by molar-refractivity contribution is -0.161. The second kappa shape index (κ2) is 12.4. The highest BCUT2D eigenvalue weighted by atomic mass is 16.7. The van der Waals surface area contributed by atoms with E-state index in [1.807, 2.05) is 0 Å². The van der Waals surface area contributed by atoms with E-state index in [9.17, 15) is 14.4 Å². The number of hydrogen-bond donors (Lipinski definition) is 2. The third kappa shape index (κ3) is 9.63. The minimum absolute atomic E-state index is 0.0569. The Kier molecular flexibility index (Phi) is 9.88. The maximum atomic E-state index is 12.7. The first kappa shape index (κ1) is 26.4. The van der Waals surface area contributed by atoms with E-state index in [2.05, 4.69) is 5.16 Å². The molecule has 1 atom stereocenters. The normalized spacial score (nSPS) is 16.2. The van der Waals surface area contributed by atoms with Crippen molar-refractivity contribution < 1.29 is 29.1 Å². The maximum Gasteiger partial charge on any atom is 0.338 e. The second-order valence-corrected chi connectivity index (χ2v) is 9.69. The highest BCUT2D eigenvalue weighted by molar-refractivity contribution is 5.98. The van der Waals surface area contributed by atoms with Crippen LogP contribution in [0.2, 0.25) is 0 Å². The zero-order valence-corrected chi connectivity index (χ0v) is 19.8. The first-order chi connectivity index (χ1) is 15.5. The molecule has 1 aromatic carbocycles. The summed E-state index contributed by atoms with van der Waals surface area (Å²) in [6.07, 6.45) is 8.54. The third-order valence-corrected chi connectivity index (χ3v) is 5.72. The molecule has 8 nitrogen and oxygen atoms in total. The van der Waals surface area contributed by atoms with Crippen LogP contribution in [0.5, 0.6) is 0 Å². The Morgan fingerprint density at radius 3 is 2.27 bits per heavy atom. The van der Waals surface area contributed by atoms with E-state index < -0.39 is 29.4 Å². The minimum Gasteiger partial charge on any atom is -0.478 e. The van der Waals surface area contributed by atoms with Crippen LogP contribution in [-0.4, -0.2) is 34.5 Å². The maximum absolute atomic E-state index is 12.7. The van der Waals surface area contributed by atoms with Gasteiger partial charge in [0.2, 0.25) is 0 Å². The molecular formula is C25H36N2O6. The largest absolute Gasteiger partial charge is 0.478 e. The Balaban J connectivity index is 1.99. The number of carboxylic acid groups (broad SMARTS) is 1. The van der Waals surface area contributed by atoms with Crippen LogP contribution >= 0.6 is 0 Å². The van der Waals surface area contributed by atoms with E-state index in [0.717, 1.165) is 12.8 Å². The van der Waals surface area contributed by atoms with Crippen molar-refractivity contribution >= 4 is 23.7 Å². The van der Waals surface area contributed by atoms with Crippen molar-refractivity contribution in [2.75, 3.05) is 0 Å². The fourth-order valence-electron chi connectivity index (χ4n) is 4.02. The number of nitrogens with zero attached hydrogens (tertiary/aromatic N) is 1. The summed E-state index contributed by atoms with van der Waals surface area (Å²) in [5.41, 5.74) is 5.78. The Bertz CT molecular complexity index is 835. The number of esters is 1. The number of hydrogen-bond acceptors (Lipinski definition) is 6. The molecule has 3 N–H and O–H groups in total. The molecule has 1 aliphatic carbocycles. The van der Waals surface area contributed by atoms with Crippen molar-refractivity contribution in [1.82, 2.24) is 0 Å². The van der Waals surface area contributed by atoms with Gasteiger partial charge in [0.1, 0.15) is 5.60 Å². The van der Waals surface area contributed by atoms with Crippen LogP contribution in [-0.2, 0) is 19.2 Å². The van der Waals surface area contributed by atoms with E-state index in [1.165, 1.54) is 56.4 Å². The zero-order valence-electron chi connectivity index (χ0n) is 19.8. The molecule has 0 spiro atoms. The number of oxime groups is 1. The van der Waals surface area contributed by atoms with Crippen LogP contribution in [0, 0.1) is 11.8 Å². The molecular weight excluding hydrogens is 424 g/mol. The van der Waals surface area contributed by atoms with Crippen molar-refractivity contribution in [3.63, 3.8) is 0 Å². The Labute approximate surface area is 195 Å². The summed E-state index contributed by atoms with van der Waals surface area (Å²) in [6.45, 7) is 5.34. The second-order valence-electron chi connectivity index (χ2n) is 9.69. The van der Waals surface area contributed by atoms with Gasteiger partial charge in [0, 0.05) is 5.56 Å². The van der Waals surface area contributed by atoms with Crippen LogP contribution < -0.4 is 5.73 Å². The van der Waals surface area contributed by atoms with Crippen LogP contribution in [0.1, 0.15) is 94.5 Å². The molecule has 8 heteroatoms. The van der Waals surface area contributed by atoms with Gasteiger partial charge in [-0.15, -0.1) is 0 Å². The van der Waals surface area contributed by atoms with E-state index in [0.29, 0.717) is 17.9 Å². The zero-order chi connectivity index (χ0) is 24.4. The fourth-order valence-corrected chi connectivity index (χ4v) is 4.02. The van der Waals surface area contributed by atoms with E-state index in [1.54, 1.807) is 20.8 Å². The Morgan fingerprint density at radius 1 is 1.09 bits per heavy atom. The Hall–Kier alpha value is -2.90. The Morgan fingerprint density at radius 2 is 1.70 bits per heavy atom. The smallest absolute Gasteiger partial charge is 0.338 e. The predicted octanol–water partition coefficient (Wildman–Crippen LogP) is 4.65. The van der Waals surface area contributed by atoms with E-state index >= 15 is 0 Å². The average molecular weight is 461 g/mol. The quantitative estimate of drug-likeness (QED) is 0.171. The van der Waals surface area contributed by atoms with Gasteiger partial charge in [-0.2, -0.15) is 0 Å². The molecule has 1 saturated carbocycles. The summed E-state index contributed by atoms with van der Waals surface area (Å²) in [5.74, 6) is -2.19. The van der Waals surface area contributed by atoms with Gasteiger partial charge < -0.3 is 20.4 Å². The molecule has 0 aromatic heterocycles. The summed E-state index contributed by atoms with van der Waals surface area (Å²) < 4.78 is 5.38. The summed E-state index contributed by atoms with van der Waals surface area (Å²) in [7, 11) is 0. The summed E-state index contributed by atoms with van der Waals surface area (Å²) >= 11 is 0. The molecule has 0 heterocycles. The van der Waals surface area contributed by atoms with Gasteiger partial charge in [-0.05, 0) is 45.2 Å². The van der Waals surface area contributed by atoms with Crippen molar-refractivity contribution in [2.45, 2.75) is 84.2 Å². The van der Waals surface area contributed by atoms with Crippen molar-refractivity contribution in [2.24, 2.45) is 22.7 Å². The summed E-state index contributed by atoms with van der Waals surface area (Å²) in [4.78, 5) is 41.1. The third-order valence-electron chi connectivity index (χ3n) is 5.72. The van der Waals surface area contributed by atoms with Gasteiger partial charge in [-0.25, -0.2) is 9.59 Å². The number of carbonyl (C=O) groups is 3. The van der Waals surface area contributed by atoms with Crippen LogP contribution in [0.25, 0.3) is 0 Å². The van der Waals surface area contributed by atoms with Gasteiger partial charge in [-0.1, -0.05) is 62.2 Å². The molecule has 1 aliphatic rings. The molecule has 0 bridgehead atoms. The van der Waals surface area contributed by atoms with Gasteiger partial charge >= 0.3 is 17.9 Å². The van der Waals surface area contributed by atoms with E-state index in [-0.39, 0.29) is 17.8 Å². The lowest BCUT2D eigenvalue weighted by Gasteiger charge is -2.23. The van der Waals surface area contributed by atoms with Gasteiger partial charge in [0.05, 0.1) is 17.9 Å². The van der Waals surface area contributed by atoms with Crippen molar-refractivity contribution in [3.05, 3.63) is 35.4 Å². The first-order valence-corrected chi connectivity index (χ1v) is 11.6. The lowest BCUT2D eigenvalue weighted by atomic mass is 9.84. The van der Waals surface area contributed by atoms with Gasteiger partial charge in [0.25, 0.3) is 0 Å². The number of ether oxygens (including phenoxy) is 1. The summed E-state index contributed by atoms with van der Waals surface area (Å²) in [6, 6.07) is 5.74. The first-order valence-electron chi connectivity index (χ1n) is 11.6. The molecule has 0 amide bonds. The highest BCUT2D eigenvalue weighted by Crippen LogP contribution is 2.29.